The molecule has 88 valence electrons. The van der Waals surface area contributed by atoms with Gasteiger partial charge in [-0.3, -0.25) is 4.90 Å². The number of benzene rings is 1. The summed E-state index contributed by atoms with van der Waals surface area (Å²) in [4.78, 5) is 2.28. The van der Waals surface area contributed by atoms with Gasteiger partial charge in [0, 0.05) is 12.6 Å². The van der Waals surface area contributed by atoms with Crippen molar-refractivity contribution in [2.24, 2.45) is 0 Å². The second-order valence-corrected chi connectivity index (χ2v) is 4.97. The fourth-order valence-electron chi connectivity index (χ4n) is 2.53. The SMILES string of the molecule is Cc1ccc(CN(C)C2CCCC2O)cc1. The topological polar surface area (TPSA) is 23.5 Å². The van der Waals surface area contributed by atoms with Gasteiger partial charge in [0.25, 0.3) is 0 Å². The lowest BCUT2D eigenvalue weighted by molar-refractivity contribution is 0.0825. The quantitative estimate of drug-likeness (QED) is 0.843. The van der Waals surface area contributed by atoms with Gasteiger partial charge in [0.05, 0.1) is 6.10 Å². The van der Waals surface area contributed by atoms with Gasteiger partial charge in [-0.15, -0.1) is 0 Å². The van der Waals surface area contributed by atoms with Gasteiger partial charge in [-0.25, -0.2) is 0 Å². The summed E-state index contributed by atoms with van der Waals surface area (Å²) in [6, 6.07) is 8.99. The van der Waals surface area contributed by atoms with E-state index in [0.717, 1.165) is 25.8 Å². The van der Waals surface area contributed by atoms with Gasteiger partial charge in [-0.05, 0) is 38.8 Å². The highest BCUT2D eigenvalue weighted by Gasteiger charge is 2.28. The third kappa shape index (κ3) is 2.63. The maximum Gasteiger partial charge on any atom is 0.0695 e. The first kappa shape index (κ1) is 11.6. The minimum atomic E-state index is -0.129. The zero-order valence-corrected chi connectivity index (χ0v) is 10.2. The van der Waals surface area contributed by atoms with Crippen LogP contribution in [0.25, 0.3) is 0 Å². The van der Waals surface area contributed by atoms with Crippen molar-refractivity contribution in [1.29, 1.82) is 0 Å². The van der Waals surface area contributed by atoms with Crippen LogP contribution in [0.15, 0.2) is 24.3 Å². The van der Waals surface area contributed by atoms with Crippen LogP contribution in [0.2, 0.25) is 0 Å². The van der Waals surface area contributed by atoms with Crippen molar-refractivity contribution < 1.29 is 5.11 Å². The highest BCUT2D eigenvalue weighted by Crippen LogP contribution is 2.24. The molecule has 0 saturated heterocycles. The number of aliphatic hydroxyl groups is 1. The molecule has 0 bridgehead atoms. The smallest absolute Gasteiger partial charge is 0.0695 e. The van der Waals surface area contributed by atoms with E-state index < -0.39 is 0 Å². The Hall–Kier alpha value is -0.860. The Morgan fingerprint density at radius 2 is 1.94 bits per heavy atom. The zero-order valence-electron chi connectivity index (χ0n) is 10.2. The molecule has 0 spiro atoms. The van der Waals surface area contributed by atoms with E-state index in [4.69, 9.17) is 0 Å². The molecular weight excluding hydrogens is 198 g/mol. The molecule has 1 fully saturated rings. The first-order valence-corrected chi connectivity index (χ1v) is 6.10. The number of rotatable bonds is 3. The average molecular weight is 219 g/mol. The van der Waals surface area contributed by atoms with Crippen molar-refractivity contribution in [1.82, 2.24) is 4.90 Å². The summed E-state index contributed by atoms with van der Waals surface area (Å²) in [7, 11) is 2.11. The second-order valence-electron chi connectivity index (χ2n) is 4.97. The number of hydrogen-bond acceptors (Lipinski definition) is 2. The van der Waals surface area contributed by atoms with E-state index in [0.29, 0.717) is 6.04 Å². The Morgan fingerprint density at radius 1 is 1.25 bits per heavy atom. The molecule has 0 aliphatic heterocycles. The Balaban J connectivity index is 1.96. The van der Waals surface area contributed by atoms with Gasteiger partial charge in [-0.1, -0.05) is 29.8 Å². The zero-order chi connectivity index (χ0) is 11.5. The highest BCUT2D eigenvalue weighted by molar-refractivity contribution is 5.21. The van der Waals surface area contributed by atoms with Gasteiger partial charge in [0.2, 0.25) is 0 Å². The lowest BCUT2D eigenvalue weighted by atomic mass is 10.1. The molecule has 2 rings (SSSR count). The van der Waals surface area contributed by atoms with Gasteiger partial charge in [0.15, 0.2) is 0 Å². The van der Waals surface area contributed by atoms with Gasteiger partial charge in [0.1, 0.15) is 0 Å². The predicted molar refractivity (Wildman–Crippen MR) is 66.3 cm³/mol. The van der Waals surface area contributed by atoms with Gasteiger partial charge in [-0.2, -0.15) is 0 Å². The number of aliphatic hydroxyl groups excluding tert-OH is 1. The van der Waals surface area contributed by atoms with Crippen LogP contribution in [0.3, 0.4) is 0 Å². The molecule has 0 amide bonds. The standard InChI is InChI=1S/C14H21NO/c1-11-6-8-12(9-7-11)10-15(2)13-4-3-5-14(13)16/h6-9,13-14,16H,3-5,10H2,1-2H3. The summed E-state index contributed by atoms with van der Waals surface area (Å²) in [5.41, 5.74) is 2.62. The first-order chi connectivity index (χ1) is 7.66. The highest BCUT2D eigenvalue weighted by atomic mass is 16.3. The molecule has 0 heterocycles. The molecule has 2 nitrogen and oxygen atoms in total. The van der Waals surface area contributed by atoms with E-state index in [1.54, 1.807) is 0 Å². The molecule has 1 N–H and O–H groups in total. The lowest BCUT2D eigenvalue weighted by Gasteiger charge is -2.27. The van der Waals surface area contributed by atoms with Crippen LogP contribution in [0.1, 0.15) is 30.4 Å². The fraction of sp³-hybridized carbons (Fsp3) is 0.571. The van der Waals surface area contributed by atoms with Gasteiger partial charge < -0.3 is 5.11 Å². The summed E-state index contributed by atoms with van der Waals surface area (Å²) in [6.07, 6.45) is 3.12. The average Bonchev–Trinajstić information content (AvgIpc) is 2.68. The van der Waals surface area contributed by atoms with E-state index in [1.165, 1.54) is 11.1 Å². The van der Waals surface area contributed by atoms with Crippen molar-refractivity contribution in [3.05, 3.63) is 35.4 Å². The third-order valence-corrected chi connectivity index (χ3v) is 3.56. The minimum absolute atomic E-state index is 0.129. The minimum Gasteiger partial charge on any atom is -0.391 e. The summed E-state index contributed by atoms with van der Waals surface area (Å²) in [6.45, 7) is 3.04. The van der Waals surface area contributed by atoms with E-state index in [9.17, 15) is 5.11 Å². The first-order valence-electron chi connectivity index (χ1n) is 6.10. The van der Waals surface area contributed by atoms with Crippen LogP contribution >= 0.6 is 0 Å². The number of nitrogens with zero attached hydrogens (tertiary/aromatic N) is 1. The van der Waals surface area contributed by atoms with E-state index >= 15 is 0 Å². The molecular formula is C14H21NO. The van der Waals surface area contributed by atoms with E-state index in [-0.39, 0.29) is 6.10 Å². The molecule has 0 aromatic heterocycles. The van der Waals surface area contributed by atoms with Crippen LogP contribution < -0.4 is 0 Å². The van der Waals surface area contributed by atoms with Crippen LogP contribution in [0.4, 0.5) is 0 Å². The summed E-state index contributed by atoms with van der Waals surface area (Å²) < 4.78 is 0. The van der Waals surface area contributed by atoms with Gasteiger partial charge >= 0.3 is 0 Å². The van der Waals surface area contributed by atoms with E-state index in [1.807, 2.05) is 0 Å². The molecule has 16 heavy (non-hydrogen) atoms. The molecule has 0 radical (unpaired) electrons. The Labute approximate surface area is 97.9 Å². The number of aryl methyl sites for hydroxylation is 1. The molecule has 1 aromatic carbocycles. The van der Waals surface area contributed by atoms with Crippen LogP contribution in [-0.2, 0) is 6.54 Å². The number of likely N-dealkylation sites (N-methyl/N-ethyl adjacent to an activating group) is 1. The number of hydrogen-bond donors (Lipinski definition) is 1. The summed E-state index contributed by atoms with van der Waals surface area (Å²) in [5, 5.41) is 9.84. The Bertz CT molecular complexity index is 333. The summed E-state index contributed by atoms with van der Waals surface area (Å²) in [5.74, 6) is 0. The second kappa shape index (κ2) is 4.98. The van der Waals surface area contributed by atoms with Crippen molar-refractivity contribution in [2.45, 2.75) is 44.9 Å². The van der Waals surface area contributed by atoms with Crippen molar-refractivity contribution >= 4 is 0 Å². The molecule has 2 heteroatoms. The molecule has 2 unspecified atom stereocenters. The molecule has 2 atom stereocenters. The normalized spacial score (nSPS) is 25.2. The Morgan fingerprint density at radius 3 is 2.50 bits per heavy atom. The Kier molecular flexibility index (Phi) is 3.62. The monoisotopic (exact) mass is 219 g/mol. The maximum atomic E-state index is 9.84. The van der Waals surface area contributed by atoms with Crippen LogP contribution in [-0.4, -0.2) is 29.2 Å². The largest absolute Gasteiger partial charge is 0.391 e. The molecule has 1 aromatic rings. The molecule has 1 aliphatic rings. The van der Waals surface area contributed by atoms with Crippen molar-refractivity contribution in [3.63, 3.8) is 0 Å². The third-order valence-electron chi connectivity index (χ3n) is 3.56. The van der Waals surface area contributed by atoms with Crippen LogP contribution in [0, 0.1) is 6.92 Å². The van der Waals surface area contributed by atoms with Crippen molar-refractivity contribution in [2.75, 3.05) is 7.05 Å². The predicted octanol–water partition coefficient (Wildman–Crippen LogP) is 2.34. The van der Waals surface area contributed by atoms with E-state index in [2.05, 4.69) is 43.1 Å². The molecule has 1 saturated carbocycles. The fourth-order valence-corrected chi connectivity index (χ4v) is 2.53. The molecule has 1 aliphatic carbocycles. The van der Waals surface area contributed by atoms with Crippen LogP contribution in [0.5, 0.6) is 0 Å². The maximum absolute atomic E-state index is 9.84. The summed E-state index contributed by atoms with van der Waals surface area (Å²) >= 11 is 0. The van der Waals surface area contributed by atoms with Crippen molar-refractivity contribution in [3.8, 4) is 0 Å². The lowest BCUT2D eigenvalue weighted by Crippen LogP contribution is -2.36.